The van der Waals surface area contributed by atoms with Crippen LogP contribution in [0.2, 0.25) is 0 Å². The molecule has 2 rings (SSSR count). The summed E-state index contributed by atoms with van der Waals surface area (Å²) in [5.74, 6) is -0.959. The van der Waals surface area contributed by atoms with E-state index in [1.165, 1.54) is 6.07 Å². The Balaban J connectivity index is 1.92. The first-order valence-electron chi connectivity index (χ1n) is 8.49. The maximum absolute atomic E-state index is 14.3. The molecule has 23 heavy (non-hydrogen) atoms. The van der Waals surface area contributed by atoms with E-state index in [-0.39, 0.29) is 11.7 Å². The van der Waals surface area contributed by atoms with E-state index in [0.717, 1.165) is 38.5 Å². The van der Waals surface area contributed by atoms with Gasteiger partial charge >= 0.3 is 0 Å². The summed E-state index contributed by atoms with van der Waals surface area (Å²) in [5.41, 5.74) is 0.474. The largest absolute Gasteiger partial charge is 0.491 e. The minimum atomic E-state index is -0.872. The highest BCUT2D eigenvalue weighted by atomic mass is 19.2. The molecule has 1 aliphatic rings. The summed E-state index contributed by atoms with van der Waals surface area (Å²) in [5, 5.41) is 0. The smallest absolute Gasteiger partial charge is 0.200 e. The maximum Gasteiger partial charge on any atom is 0.200 e. The highest BCUT2D eigenvalue weighted by Gasteiger charge is 2.26. The molecule has 1 nitrogen and oxygen atoms in total. The van der Waals surface area contributed by atoms with E-state index in [9.17, 15) is 13.2 Å². The Bertz CT molecular complexity index is 520. The van der Waals surface area contributed by atoms with Gasteiger partial charge in [-0.15, -0.1) is 0 Å². The fourth-order valence-corrected chi connectivity index (χ4v) is 3.40. The summed E-state index contributed by atoms with van der Waals surface area (Å²) >= 11 is 0. The molecule has 0 aromatic heterocycles. The van der Waals surface area contributed by atoms with Crippen LogP contribution in [0.4, 0.5) is 13.2 Å². The minimum Gasteiger partial charge on any atom is -0.491 e. The lowest BCUT2D eigenvalue weighted by molar-refractivity contribution is 0.297. The van der Waals surface area contributed by atoms with Crippen LogP contribution in [0, 0.1) is 17.6 Å². The lowest BCUT2D eigenvalue weighted by Gasteiger charge is -2.29. The van der Waals surface area contributed by atoms with Crippen LogP contribution in [-0.2, 0) is 0 Å². The van der Waals surface area contributed by atoms with Crippen LogP contribution in [0.25, 0.3) is 0 Å². The van der Waals surface area contributed by atoms with Gasteiger partial charge in [0.25, 0.3) is 0 Å². The van der Waals surface area contributed by atoms with Crippen molar-refractivity contribution in [2.45, 2.75) is 51.4 Å². The van der Waals surface area contributed by atoms with E-state index in [4.69, 9.17) is 4.74 Å². The zero-order valence-corrected chi connectivity index (χ0v) is 13.7. The van der Waals surface area contributed by atoms with Crippen LogP contribution < -0.4 is 4.74 Å². The summed E-state index contributed by atoms with van der Waals surface area (Å²) < 4.78 is 45.3. The van der Waals surface area contributed by atoms with Crippen LogP contribution in [0.5, 0.6) is 5.75 Å². The average molecular weight is 326 g/mol. The molecule has 0 heterocycles. The molecule has 0 bridgehead atoms. The van der Waals surface area contributed by atoms with Crippen molar-refractivity contribution in [2.24, 2.45) is 5.92 Å². The standard InChI is InChI=1S/C19H25F3O/c1-2-23-17-12-11-16(18(21)19(17)22)15-9-7-14(8-10-15)6-4-3-5-13-20/h3,5,11-12,14-15H,2,4,6-10,13H2,1H3/b5-3+. The van der Waals surface area contributed by atoms with Gasteiger partial charge < -0.3 is 4.74 Å². The number of ether oxygens (including phenoxy) is 1. The molecule has 0 atom stereocenters. The maximum atomic E-state index is 14.3. The van der Waals surface area contributed by atoms with Crippen molar-refractivity contribution in [3.8, 4) is 5.75 Å². The van der Waals surface area contributed by atoms with E-state index in [1.807, 2.05) is 6.08 Å². The second-order valence-electron chi connectivity index (χ2n) is 6.13. The van der Waals surface area contributed by atoms with Gasteiger partial charge in [0.2, 0.25) is 5.82 Å². The SMILES string of the molecule is CCOc1ccc(C2CCC(CC/C=C/CF)CC2)c(F)c1F. The van der Waals surface area contributed by atoms with Gasteiger partial charge in [0.15, 0.2) is 11.6 Å². The van der Waals surface area contributed by atoms with Gasteiger partial charge in [-0.2, -0.15) is 4.39 Å². The number of alkyl halides is 1. The lowest BCUT2D eigenvalue weighted by atomic mass is 9.77. The molecule has 0 aliphatic heterocycles. The molecular formula is C19H25F3O. The summed E-state index contributed by atoms with van der Waals surface area (Å²) in [6, 6.07) is 3.20. The van der Waals surface area contributed by atoms with Crippen molar-refractivity contribution in [1.82, 2.24) is 0 Å². The predicted molar refractivity (Wildman–Crippen MR) is 86.6 cm³/mol. The number of halogens is 3. The molecule has 0 saturated heterocycles. The van der Waals surface area contributed by atoms with Crippen molar-refractivity contribution in [3.63, 3.8) is 0 Å². The van der Waals surface area contributed by atoms with Crippen LogP contribution in [0.3, 0.4) is 0 Å². The third kappa shape index (κ3) is 4.76. The Morgan fingerprint density at radius 2 is 1.83 bits per heavy atom. The molecular weight excluding hydrogens is 301 g/mol. The molecule has 1 aliphatic carbocycles. The fraction of sp³-hybridized carbons (Fsp3) is 0.579. The van der Waals surface area contributed by atoms with Crippen molar-refractivity contribution in [2.75, 3.05) is 13.3 Å². The van der Waals surface area contributed by atoms with E-state index < -0.39 is 18.3 Å². The molecule has 4 heteroatoms. The van der Waals surface area contributed by atoms with Gasteiger partial charge in [-0.05, 0) is 68.9 Å². The summed E-state index contributed by atoms with van der Waals surface area (Å²) in [7, 11) is 0. The van der Waals surface area contributed by atoms with Gasteiger partial charge in [0.05, 0.1) is 6.61 Å². The number of hydrogen-bond acceptors (Lipinski definition) is 1. The summed E-state index contributed by atoms with van der Waals surface area (Å²) in [6.07, 6.45) is 9.15. The van der Waals surface area contributed by atoms with Gasteiger partial charge in [-0.25, -0.2) is 8.78 Å². The molecule has 1 aromatic rings. The molecule has 0 radical (unpaired) electrons. The Kier molecular flexibility index (Phi) is 7.00. The quantitative estimate of drug-likeness (QED) is 0.563. The molecule has 128 valence electrons. The van der Waals surface area contributed by atoms with Gasteiger partial charge in [0, 0.05) is 0 Å². The molecule has 1 aromatic carbocycles. The molecule has 1 fully saturated rings. The molecule has 0 spiro atoms. The molecule has 0 unspecified atom stereocenters. The number of allylic oxidation sites excluding steroid dienone is 2. The number of benzene rings is 1. The highest BCUT2D eigenvalue weighted by Crippen LogP contribution is 2.39. The van der Waals surface area contributed by atoms with E-state index in [2.05, 4.69) is 0 Å². The van der Waals surface area contributed by atoms with Crippen molar-refractivity contribution in [1.29, 1.82) is 0 Å². The first-order chi connectivity index (χ1) is 11.2. The van der Waals surface area contributed by atoms with Gasteiger partial charge in [0.1, 0.15) is 6.67 Å². The first-order valence-corrected chi connectivity index (χ1v) is 8.49. The van der Waals surface area contributed by atoms with Crippen molar-refractivity contribution in [3.05, 3.63) is 41.5 Å². The van der Waals surface area contributed by atoms with E-state index in [0.29, 0.717) is 18.1 Å². The fourth-order valence-electron chi connectivity index (χ4n) is 3.40. The Morgan fingerprint density at radius 1 is 1.09 bits per heavy atom. The Hall–Kier alpha value is -1.45. The Morgan fingerprint density at radius 3 is 2.48 bits per heavy atom. The summed E-state index contributed by atoms with van der Waals surface area (Å²) in [6.45, 7) is 1.66. The molecule has 1 saturated carbocycles. The van der Waals surface area contributed by atoms with E-state index >= 15 is 0 Å². The third-order valence-corrected chi connectivity index (χ3v) is 4.66. The van der Waals surface area contributed by atoms with Crippen LogP contribution in [0.15, 0.2) is 24.3 Å². The molecule has 0 N–H and O–H groups in total. The van der Waals surface area contributed by atoms with Gasteiger partial charge in [-0.1, -0.05) is 18.2 Å². The first kappa shape index (κ1) is 17.9. The van der Waals surface area contributed by atoms with E-state index in [1.54, 1.807) is 19.1 Å². The van der Waals surface area contributed by atoms with Crippen LogP contribution >= 0.6 is 0 Å². The van der Waals surface area contributed by atoms with Crippen LogP contribution in [0.1, 0.15) is 56.9 Å². The second-order valence-corrected chi connectivity index (χ2v) is 6.13. The zero-order valence-electron chi connectivity index (χ0n) is 13.7. The zero-order chi connectivity index (χ0) is 16.7. The normalized spacial score (nSPS) is 21.7. The predicted octanol–water partition coefficient (Wildman–Crippen LogP) is 5.94. The third-order valence-electron chi connectivity index (χ3n) is 4.66. The monoisotopic (exact) mass is 326 g/mol. The highest BCUT2D eigenvalue weighted by molar-refractivity contribution is 5.33. The second kappa shape index (κ2) is 8.99. The number of rotatable bonds is 7. The average Bonchev–Trinajstić information content (AvgIpc) is 2.57. The number of hydrogen-bond donors (Lipinski definition) is 0. The van der Waals surface area contributed by atoms with Crippen molar-refractivity contribution < 1.29 is 17.9 Å². The van der Waals surface area contributed by atoms with Crippen molar-refractivity contribution >= 4 is 0 Å². The lowest BCUT2D eigenvalue weighted by Crippen LogP contribution is -2.15. The summed E-state index contributed by atoms with van der Waals surface area (Å²) in [4.78, 5) is 0. The van der Waals surface area contributed by atoms with Gasteiger partial charge in [-0.3, -0.25) is 0 Å². The molecule has 0 amide bonds. The topological polar surface area (TPSA) is 9.23 Å². The minimum absolute atomic E-state index is 0.0120. The Labute approximate surface area is 136 Å². The van der Waals surface area contributed by atoms with Crippen LogP contribution in [-0.4, -0.2) is 13.3 Å².